The number of carbonyl (C=O) groups is 1. The van der Waals surface area contributed by atoms with Crippen LogP contribution in [0.1, 0.15) is 5.76 Å². The second-order valence-electron chi connectivity index (χ2n) is 5.84. The molecule has 1 amide bonds. The summed E-state index contributed by atoms with van der Waals surface area (Å²) in [5, 5.41) is 23.7. The van der Waals surface area contributed by atoms with Gasteiger partial charge in [-0.05, 0) is 36.4 Å². The number of nitro groups is 1. The largest absolute Gasteiger partial charge is 0.456 e. The molecule has 3 rings (SSSR count). The van der Waals surface area contributed by atoms with E-state index >= 15 is 0 Å². The summed E-state index contributed by atoms with van der Waals surface area (Å²) in [5.74, 6) is -0.425. The lowest BCUT2D eigenvalue weighted by molar-refractivity contribution is -0.384. The summed E-state index contributed by atoms with van der Waals surface area (Å²) in [4.78, 5) is 23.1. The molecule has 0 spiro atoms. The minimum atomic E-state index is -0.747. The summed E-state index contributed by atoms with van der Waals surface area (Å²) < 4.78 is 5.57. The Morgan fingerprint density at radius 1 is 1.13 bits per heavy atom. The van der Waals surface area contributed by atoms with Gasteiger partial charge in [0.05, 0.1) is 26.2 Å². The number of anilines is 1. The SMILES string of the molecule is N#C/C(=C\c1ccc(-c2ccc(Cl)cc2[N+](=O)[O-])o1)C(=O)Nc1c(Cl)cccc1Cl. The van der Waals surface area contributed by atoms with E-state index in [1.165, 1.54) is 48.5 Å². The number of nitrogens with one attached hydrogen (secondary N) is 1. The van der Waals surface area contributed by atoms with Gasteiger partial charge in [0.15, 0.2) is 0 Å². The number of nitriles is 1. The summed E-state index contributed by atoms with van der Waals surface area (Å²) in [6.45, 7) is 0. The summed E-state index contributed by atoms with van der Waals surface area (Å²) in [6.07, 6.45) is 1.20. The van der Waals surface area contributed by atoms with Gasteiger partial charge in [-0.15, -0.1) is 0 Å². The van der Waals surface area contributed by atoms with Crippen molar-refractivity contribution in [3.63, 3.8) is 0 Å². The van der Waals surface area contributed by atoms with Crippen molar-refractivity contribution in [3.05, 3.63) is 85.0 Å². The number of benzene rings is 2. The predicted molar refractivity (Wildman–Crippen MR) is 114 cm³/mol. The number of furan rings is 1. The smallest absolute Gasteiger partial charge is 0.281 e. The summed E-state index contributed by atoms with van der Waals surface area (Å²) in [7, 11) is 0. The number of carbonyl (C=O) groups excluding carboxylic acids is 1. The second-order valence-corrected chi connectivity index (χ2v) is 7.09. The molecule has 0 saturated carbocycles. The molecule has 0 aliphatic carbocycles. The van der Waals surface area contributed by atoms with Gasteiger partial charge in [0.25, 0.3) is 11.6 Å². The zero-order chi connectivity index (χ0) is 21.8. The fraction of sp³-hybridized carbons (Fsp3) is 0. The Morgan fingerprint density at radius 2 is 1.83 bits per heavy atom. The van der Waals surface area contributed by atoms with Crippen molar-refractivity contribution in [2.75, 3.05) is 5.32 Å². The lowest BCUT2D eigenvalue weighted by Crippen LogP contribution is -2.14. The standard InChI is InChI=1S/C20H10Cl3N3O4/c21-12-4-6-14(17(9-12)26(28)29)18-7-5-13(30-18)8-11(10-24)20(27)25-19-15(22)2-1-3-16(19)23/h1-9H,(H,25,27)/b11-8+. The maximum Gasteiger partial charge on any atom is 0.281 e. The Labute approximate surface area is 185 Å². The zero-order valence-corrected chi connectivity index (χ0v) is 17.1. The zero-order valence-electron chi connectivity index (χ0n) is 14.9. The van der Waals surface area contributed by atoms with E-state index in [2.05, 4.69) is 5.32 Å². The third-order valence-corrected chi connectivity index (χ3v) is 4.77. The first kappa shape index (κ1) is 21.4. The van der Waals surface area contributed by atoms with Crippen molar-refractivity contribution in [2.24, 2.45) is 0 Å². The summed E-state index contributed by atoms with van der Waals surface area (Å²) in [6, 6.07) is 13.6. The van der Waals surface area contributed by atoms with Crippen molar-refractivity contribution in [1.82, 2.24) is 0 Å². The lowest BCUT2D eigenvalue weighted by Gasteiger charge is -2.08. The quantitative estimate of drug-likeness (QED) is 0.205. The van der Waals surface area contributed by atoms with Gasteiger partial charge >= 0.3 is 0 Å². The summed E-state index contributed by atoms with van der Waals surface area (Å²) in [5.41, 5.74) is -0.143. The van der Waals surface area contributed by atoms with Gasteiger partial charge in [0, 0.05) is 17.2 Å². The van der Waals surface area contributed by atoms with Gasteiger partial charge in [-0.3, -0.25) is 14.9 Å². The van der Waals surface area contributed by atoms with Gasteiger partial charge in [-0.2, -0.15) is 5.26 Å². The van der Waals surface area contributed by atoms with Crippen LogP contribution in [0, 0.1) is 21.4 Å². The molecule has 3 aromatic rings. The van der Waals surface area contributed by atoms with Crippen LogP contribution in [0.4, 0.5) is 11.4 Å². The number of rotatable bonds is 5. The van der Waals surface area contributed by atoms with Crippen molar-refractivity contribution < 1.29 is 14.1 Å². The van der Waals surface area contributed by atoms with E-state index in [1.54, 1.807) is 12.1 Å². The lowest BCUT2D eigenvalue weighted by atomic mass is 10.1. The molecule has 0 bridgehead atoms. The molecular formula is C20H10Cl3N3O4. The molecule has 0 aliphatic rings. The maximum absolute atomic E-state index is 12.4. The first-order valence-electron chi connectivity index (χ1n) is 8.21. The van der Waals surface area contributed by atoms with Crippen LogP contribution in [0.15, 0.2) is 58.5 Å². The number of hydrogen-bond acceptors (Lipinski definition) is 5. The van der Waals surface area contributed by atoms with E-state index in [0.717, 1.165) is 0 Å². The van der Waals surface area contributed by atoms with Crippen molar-refractivity contribution in [2.45, 2.75) is 0 Å². The fourth-order valence-corrected chi connectivity index (χ4v) is 3.19. The topological polar surface area (TPSA) is 109 Å². The van der Waals surface area contributed by atoms with Crippen molar-refractivity contribution in [3.8, 4) is 17.4 Å². The minimum Gasteiger partial charge on any atom is -0.456 e. The van der Waals surface area contributed by atoms with Crippen LogP contribution in [0.3, 0.4) is 0 Å². The third-order valence-electron chi connectivity index (χ3n) is 3.90. The Bertz CT molecular complexity index is 1210. The molecule has 0 aliphatic heterocycles. The van der Waals surface area contributed by atoms with Gasteiger partial charge < -0.3 is 9.73 Å². The fourth-order valence-electron chi connectivity index (χ4n) is 2.53. The van der Waals surface area contributed by atoms with Crippen LogP contribution in [-0.4, -0.2) is 10.8 Å². The number of nitro benzene ring substituents is 1. The minimum absolute atomic E-state index is 0.145. The van der Waals surface area contributed by atoms with Gasteiger partial charge in [0.1, 0.15) is 23.2 Å². The number of halogens is 3. The molecular weight excluding hydrogens is 453 g/mol. The molecule has 10 heteroatoms. The summed E-state index contributed by atoms with van der Waals surface area (Å²) >= 11 is 17.9. The first-order chi connectivity index (χ1) is 14.3. The third kappa shape index (κ3) is 4.63. The van der Waals surface area contributed by atoms with Crippen LogP contribution in [-0.2, 0) is 4.79 Å². The molecule has 30 heavy (non-hydrogen) atoms. The van der Waals surface area contributed by atoms with Crippen LogP contribution < -0.4 is 5.32 Å². The average Bonchev–Trinajstić information content (AvgIpc) is 3.17. The van der Waals surface area contributed by atoms with Gasteiger partial charge in [-0.1, -0.05) is 40.9 Å². The van der Waals surface area contributed by atoms with Crippen LogP contribution >= 0.6 is 34.8 Å². The van der Waals surface area contributed by atoms with Crippen LogP contribution in [0.25, 0.3) is 17.4 Å². The second kappa shape index (κ2) is 9.01. The highest BCUT2D eigenvalue weighted by Crippen LogP contribution is 2.34. The highest BCUT2D eigenvalue weighted by molar-refractivity contribution is 6.40. The number of hydrogen-bond donors (Lipinski definition) is 1. The van der Waals surface area contributed by atoms with E-state index in [1.807, 2.05) is 0 Å². The molecule has 0 radical (unpaired) electrons. The maximum atomic E-state index is 12.4. The van der Waals surface area contributed by atoms with E-state index in [-0.39, 0.29) is 49.1 Å². The predicted octanol–water partition coefficient (Wildman–Crippen LogP) is 6.36. The molecule has 1 aromatic heterocycles. The van der Waals surface area contributed by atoms with Crippen molar-refractivity contribution >= 4 is 58.2 Å². The molecule has 0 saturated heterocycles. The highest BCUT2D eigenvalue weighted by atomic mass is 35.5. The highest BCUT2D eigenvalue weighted by Gasteiger charge is 2.19. The van der Waals surface area contributed by atoms with E-state index in [9.17, 15) is 20.2 Å². The van der Waals surface area contributed by atoms with Crippen LogP contribution in [0.5, 0.6) is 0 Å². The van der Waals surface area contributed by atoms with Crippen molar-refractivity contribution in [1.29, 1.82) is 5.26 Å². The normalized spacial score (nSPS) is 11.1. The molecule has 0 unspecified atom stereocenters. The van der Waals surface area contributed by atoms with E-state index in [0.29, 0.717) is 0 Å². The number of amides is 1. The first-order valence-corrected chi connectivity index (χ1v) is 9.35. The van der Waals surface area contributed by atoms with Crippen LogP contribution in [0.2, 0.25) is 15.1 Å². The molecule has 1 N–H and O–H groups in total. The van der Waals surface area contributed by atoms with Gasteiger partial charge in [0.2, 0.25) is 0 Å². The monoisotopic (exact) mass is 461 g/mol. The molecule has 7 nitrogen and oxygen atoms in total. The Hall–Kier alpha value is -3.31. The molecule has 1 heterocycles. The Kier molecular flexibility index (Phi) is 6.43. The molecule has 0 atom stereocenters. The molecule has 150 valence electrons. The van der Waals surface area contributed by atoms with Gasteiger partial charge in [-0.25, -0.2) is 0 Å². The Morgan fingerprint density at radius 3 is 2.47 bits per heavy atom. The Balaban J connectivity index is 1.90. The van der Waals surface area contributed by atoms with E-state index < -0.39 is 10.8 Å². The molecule has 2 aromatic carbocycles. The average molecular weight is 463 g/mol. The molecule has 0 fully saturated rings. The number of para-hydroxylation sites is 1. The number of nitrogens with zero attached hydrogens (tertiary/aromatic N) is 2. The van der Waals surface area contributed by atoms with E-state index in [4.69, 9.17) is 39.2 Å².